The Labute approximate surface area is 98.4 Å². The van der Waals surface area contributed by atoms with Crippen LogP contribution in [0.25, 0.3) is 10.8 Å². The first-order valence-corrected chi connectivity index (χ1v) is 6.15. The fourth-order valence-electron chi connectivity index (χ4n) is 1.92. The summed E-state index contributed by atoms with van der Waals surface area (Å²) in [6.45, 7) is 0. The quantitative estimate of drug-likeness (QED) is 0.645. The van der Waals surface area contributed by atoms with Gasteiger partial charge in [0.05, 0.1) is 0 Å². The number of nitrogens with zero attached hydrogens (tertiary/aromatic N) is 1. The van der Waals surface area contributed by atoms with E-state index in [4.69, 9.17) is 0 Å². The van der Waals surface area contributed by atoms with Crippen LogP contribution in [-0.4, -0.2) is 4.98 Å². The van der Waals surface area contributed by atoms with Crippen molar-refractivity contribution in [3.05, 3.63) is 64.6 Å². The summed E-state index contributed by atoms with van der Waals surface area (Å²) in [7, 11) is 0. The molecule has 2 aromatic heterocycles. The number of rotatable bonds is 2. The molecule has 16 heavy (non-hydrogen) atoms. The monoisotopic (exact) mass is 225 g/mol. The summed E-state index contributed by atoms with van der Waals surface area (Å²) in [5, 5.41) is 4.65. The fourth-order valence-corrected chi connectivity index (χ4v) is 2.65. The number of hydrogen-bond donors (Lipinski definition) is 0. The lowest BCUT2D eigenvalue weighted by molar-refractivity contribution is 1.21. The SMILES string of the molecule is c1csc(Cc2cncc3ccccc23)c1. The second-order valence-electron chi connectivity index (χ2n) is 3.78. The third-order valence-corrected chi connectivity index (χ3v) is 3.57. The van der Waals surface area contributed by atoms with Crippen LogP contribution in [-0.2, 0) is 6.42 Å². The Hall–Kier alpha value is -1.67. The van der Waals surface area contributed by atoms with E-state index in [9.17, 15) is 0 Å². The van der Waals surface area contributed by atoms with Gasteiger partial charge >= 0.3 is 0 Å². The van der Waals surface area contributed by atoms with E-state index in [-0.39, 0.29) is 0 Å². The van der Waals surface area contributed by atoms with Gasteiger partial charge in [0.1, 0.15) is 0 Å². The molecule has 0 saturated heterocycles. The summed E-state index contributed by atoms with van der Waals surface area (Å²) >= 11 is 1.80. The Morgan fingerprint density at radius 2 is 1.94 bits per heavy atom. The summed E-state index contributed by atoms with van der Waals surface area (Å²) in [4.78, 5) is 5.69. The Bertz CT molecular complexity index is 594. The van der Waals surface area contributed by atoms with Gasteiger partial charge in [0.15, 0.2) is 0 Å². The van der Waals surface area contributed by atoms with Gasteiger partial charge in [0, 0.05) is 29.1 Å². The predicted octanol–water partition coefficient (Wildman–Crippen LogP) is 3.89. The maximum atomic E-state index is 4.30. The lowest BCUT2D eigenvalue weighted by atomic mass is 10.1. The van der Waals surface area contributed by atoms with Gasteiger partial charge in [-0.1, -0.05) is 30.3 Å². The van der Waals surface area contributed by atoms with Gasteiger partial charge in [-0.15, -0.1) is 11.3 Å². The molecule has 0 radical (unpaired) electrons. The summed E-state index contributed by atoms with van der Waals surface area (Å²) in [6, 6.07) is 12.7. The molecule has 0 N–H and O–H groups in total. The molecule has 1 aromatic carbocycles. The van der Waals surface area contributed by atoms with Crippen molar-refractivity contribution in [2.24, 2.45) is 0 Å². The summed E-state index contributed by atoms with van der Waals surface area (Å²) in [5.74, 6) is 0. The van der Waals surface area contributed by atoms with Gasteiger partial charge in [0.25, 0.3) is 0 Å². The van der Waals surface area contributed by atoms with E-state index in [2.05, 4.69) is 46.8 Å². The molecule has 0 saturated carbocycles. The highest BCUT2D eigenvalue weighted by Crippen LogP contribution is 2.21. The van der Waals surface area contributed by atoms with E-state index in [0.717, 1.165) is 6.42 Å². The van der Waals surface area contributed by atoms with Crippen molar-refractivity contribution in [2.75, 3.05) is 0 Å². The van der Waals surface area contributed by atoms with E-state index >= 15 is 0 Å². The third kappa shape index (κ3) is 1.72. The molecule has 0 atom stereocenters. The van der Waals surface area contributed by atoms with Gasteiger partial charge in [0.2, 0.25) is 0 Å². The lowest BCUT2D eigenvalue weighted by Gasteiger charge is -2.04. The van der Waals surface area contributed by atoms with Crippen molar-refractivity contribution >= 4 is 22.1 Å². The molecule has 1 nitrogen and oxygen atoms in total. The highest BCUT2D eigenvalue weighted by molar-refractivity contribution is 7.09. The molecule has 2 heteroatoms. The molecule has 0 aliphatic carbocycles. The average molecular weight is 225 g/mol. The molecule has 0 aliphatic heterocycles. The molecule has 0 unspecified atom stereocenters. The van der Waals surface area contributed by atoms with Crippen LogP contribution in [0.2, 0.25) is 0 Å². The topological polar surface area (TPSA) is 12.9 Å². The lowest BCUT2D eigenvalue weighted by Crippen LogP contribution is -1.88. The van der Waals surface area contributed by atoms with Crippen LogP contribution in [0.5, 0.6) is 0 Å². The maximum Gasteiger partial charge on any atom is 0.0346 e. The van der Waals surface area contributed by atoms with Crippen molar-refractivity contribution in [3.63, 3.8) is 0 Å². The van der Waals surface area contributed by atoms with Crippen molar-refractivity contribution in [1.82, 2.24) is 4.98 Å². The fraction of sp³-hybridized carbons (Fsp3) is 0.0714. The van der Waals surface area contributed by atoms with Crippen molar-refractivity contribution in [3.8, 4) is 0 Å². The van der Waals surface area contributed by atoms with Crippen LogP contribution in [0.3, 0.4) is 0 Å². The van der Waals surface area contributed by atoms with E-state index < -0.39 is 0 Å². The first kappa shape index (κ1) is 9.55. The van der Waals surface area contributed by atoms with E-state index in [1.807, 2.05) is 12.4 Å². The number of hydrogen-bond acceptors (Lipinski definition) is 2. The van der Waals surface area contributed by atoms with Crippen molar-refractivity contribution in [2.45, 2.75) is 6.42 Å². The Balaban J connectivity index is 2.10. The van der Waals surface area contributed by atoms with Crippen molar-refractivity contribution in [1.29, 1.82) is 0 Å². The Kier molecular flexibility index (Phi) is 2.43. The first-order chi connectivity index (χ1) is 7.93. The molecule has 3 rings (SSSR count). The van der Waals surface area contributed by atoms with E-state index in [0.29, 0.717) is 0 Å². The molecule has 2 heterocycles. The minimum atomic E-state index is 0.978. The van der Waals surface area contributed by atoms with Gasteiger partial charge in [-0.05, 0) is 22.4 Å². The minimum Gasteiger partial charge on any atom is -0.264 e. The molecule has 0 spiro atoms. The second kappa shape index (κ2) is 4.06. The highest BCUT2D eigenvalue weighted by atomic mass is 32.1. The van der Waals surface area contributed by atoms with Gasteiger partial charge in [-0.25, -0.2) is 0 Å². The summed E-state index contributed by atoms with van der Waals surface area (Å²) in [6.07, 6.45) is 4.88. The first-order valence-electron chi connectivity index (χ1n) is 5.27. The maximum absolute atomic E-state index is 4.30. The van der Waals surface area contributed by atoms with Crippen molar-refractivity contribution < 1.29 is 0 Å². The van der Waals surface area contributed by atoms with Crippen LogP contribution in [0.1, 0.15) is 10.4 Å². The second-order valence-corrected chi connectivity index (χ2v) is 4.81. The predicted molar refractivity (Wildman–Crippen MR) is 68.9 cm³/mol. The highest BCUT2D eigenvalue weighted by Gasteiger charge is 2.02. The van der Waals surface area contributed by atoms with Crippen LogP contribution in [0.4, 0.5) is 0 Å². The zero-order valence-corrected chi connectivity index (χ0v) is 9.58. The molecule has 0 amide bonds. The third-order valence-electron chi connectivity index (χ3n) is 2.70. The smallest absolute Gasteiger partial charge is 0.0346 e. The van der Waals surface area contributed by atoms with E-state index in [1.54, 1.807) is 11.3 Å². The molecular formula is C14H11NS. The van der Waals surface area contributed by atoms with Gasteiger partial charge in [-0.3, -0.25) is 4.98 Å². The van der Waals surface area contributed by atoms with Crippen LogP contribution in [0, 0.1) is 0 Å². The number of pyridine rings is 1. The number of fused-ring (bicyclic) bond motifs is 1. The van der Waals surface area contributed by atoms with Crippen LogP contribution in [0.15, 0.2) is 54.2 Å². The molecular weight excluding hydrogens is 214 g/mol. The normalized spacial score (nSPS) is 10.8. The largest absolute Gasteiger partial charge is 0.264 e. The number of thiophene rings is 1. The summed E-state index contributed by atoms with van der Waals surface area (Å²) in [5.41, 5.74) is 1.31. The number of benzene rings is 1. The van der Waals surface area contributed by atoms with Crippen LogP contribution >= 0.6 is 11.3 Å². The molecule has 3 aromatic rings. The Morgan fingerprint density at radius 3 is 2.81 bits per heavy atom. The standard InChI is InChI=1S/C14H11NS/c1-2-6-14-11(4-1)9-15-10-12(14)8-13-5-3-7-16-13/h1-7,9-10H,8H2. The Morgan fingerprint density at radius 1 is 1.00 bits per heavy atom. The molecule has 0 fully saturated rings. The molecule has 78 valence electrons. The average Bonchev–Trinajstić information content (AvgIpc) is 2.82. The van der Waals surface area contributed by atoms with Crippen LogP contribution < -0.4 is 0 Å². The zero-order valence-electron chi connectivity index (χ0n) is 8.76. The zero-order chi connectivity index (χ0) is 10.8. The minimum absolute atomic E-state index is 0.978. The molecule has 0 bridgehead atoms. The van der Waals surface area contributed by atoms with Gasteiger partial charge < -0.3 is 0 Å². The van der Waals surface area contributed by atoms with Gasteiger partial charge in [-0.2, -0.15) is 0 Å². The molecule has 0 aliphatic rings. The van der Waals surface area contributed by atoms with E-state index in [1.165, 1.54) is 21.2 Å². The summed E-state index contributed by atoms with van der Waals surface area (Å²) < 4.78 is 0. The number of aromatic nitrogens is 1.